The summed E-state index contributed by atoms with van der Waals surface area (Å²) in [6, 6.07) is 0. The number of aliphatic hydroxyl groups is 4. The largest absolute Gasteiger partial charge is 0.472 e. The summed E-state index contributed by atoms with van der Waals surface area (Å²) in [4.78, 5) is 20.9. The summed E-state index contributed by atoms with van der Waals surface area (Å²) in [5.41, 5.74) is 0. The maximum absolute atomic E-state index is 11.5. The third-order valence-electron chi connectivity index (χ3n) is 2.85. The SMILES string of the molecule is CC(C)COC(=O)[C@H](O)[C@@H](O)[C@H](O)[C@H](O)COP(=O)(O)OCC(C)C. The molecule has 0 fully saturated rings. The fourth-order valence-corrected chi connectivity index (χ4v) is 2.34. The number of carbonyl (C=O) groups excluding carboxylic acids is 1. The van der Waals surface area contributed by atoms with Crippen LogP contribution in [0.2, 0.25) is 0 Å². The molecule has 0 rings (SSSR count). The number of carbonyl (C=O) groups is 1. The Labute approximate surface area is 147 Å². The molecule has 5 atom stereocenters. The van der Waals surface area contributed by atoms with E-state index in [4.69, 9.17) is 4.74 Å². The molecule has 11 heteroatoms. The van der Waals surface area contributed by atoms with Crippen LogP contribution in [0.1, 0.15) is 27.7 Å². The van der Waals surface area contributed by atoms with Crippen molar-refractivity contribution in [3.05, 3.63) is 0 Å². The molecule has 0 radical (unpaired) electrons. The van der Waals surface area contributed by atoms with Crippen molar-refractivity contribution < 1.29 is 48.5 Å². The molecule has 1 unspecified atom stereocenters. The highest BCUT2D eigenvalue weighted by molar-refractivity contribution is 7.47. The molecule has 0 aromatic rings. The summed E-state index contributed by atoms with van der Waals surface area (Å²) in [5, 5.41) is 38.8. The van der Waals surface area contributed by atoms with E-state index in [9.17, 15) is 34.7 Å². The lowest BCUT2D eigenvalue weighted by molar-refractivity contribution is -0.171. The number of esters is 1. The second-order valence-electron chi connectivity index (χ2n) is 6.47. The predicted molar refractivity (Wildman–Crippen MR) is 86.4 cm³/mol. The van der Waals surface area contributed by atoms with Gasteiger partial charge in [-0.15, -0.1) is 0 Å². The van der Waals surface area contributed by atoms with E-state index in [2.05, 4.69) is 9.05 Å². The number of rotatable bonds is 12. The second kappa shape index (κ2) is 11.2. The van der Waals surface area contributed by atoms with Crippen molar-refractivity contribution in [2.24, 2.45) is 11.8 Å². The van der Waals surface area contributed by atoms with Gasteiger partial charge in [-0.05, 0) is 11.8 Å². The highest BCUT2D eigenvalue weighted by Gasteiger charge is 2.36. The summed E-state index contributed by atoms with van der Waals surface area (Å²) < 4.78 is 25.4. The minimum Gasteiger partial charge on any atom is -0.463 e. The van der Waals surface area contributed by atoms with Crippen molar-refractivity contribution in [2.75, 3.05) is 19.8 Å². The van der Waals surface area contributed by atoms with Crippen LogP contribution in [0.4, 0.5) is 0 Å². The van der Waals surface area contributed by atoms with Gasteiger partial charge in [-0.1, -0.05) is 27.7 Å². The number of aliphatic hydroxyl groups excluding tert-OH is 4. The summed E-state index contributed by atoms with van der Waals surface area (Å²) in [6.45, 7) is 6.10. The van der Waals surface area contributed by atoms with E-state index in [1.807, 2.05) is 0 Å². The number of hydrogen-bond acceptors (Lipinski definition) is 9. The molecule has 5 N–H and O–H groups in total. The minimum absolute atomic E-state index is 0.00161. The third kappa shape index (κ3) is 10.2. The number of ether oxygens (including phenoxy) is 1. The first-order valence-electron chi connectivity index (χ1n) is 7.88. The van der Waals surface area contributed by atoms with Gasteiger partial charge in [-0.3, -0.25) is 9.05 Å². The zero-order valence-electron chi connectivity index (χ0n) is 14.8. The molecule has 10 nitrogen and oxygen atoms in total. The molecule has 0 amide bonds. The molecule has 0 aliphatic rings. The molecule has 0 aliphatic heterocycles. The first kappa shape index (κ1) is 24.4. The van der Waals surface area contributed by atoms with Gasteiger partial charge < -0.3 is 30.1 Å². The Hall–Kier alpha value is -0.580. The van der Waals surface area contributed by atoms with Crippen molar-refractivity contribution in [2.45, 2.75) is 52.1 Å². The van der Waals surface area contributed by atoms with Crippen molar-refractivity contribution >= 4 is 13.8 Å². The first-order valence-corrected chi connectivity index (χ1v) is 9.37. The molecule has 0 saturated carbocycles. The highest BCUT2D eigenvalue weighted by atomic mass is 31.2. The van der Waals surface area contributed by atoms with Gasteiger partial charge in [0, 0.05) is 0 Å². The van der Waals surface area contributed by atoms with Gasteiger partial charge >= 0.3 is 13.8 Å². The van der Waals surface area contributed by atoms with Crippen LogP contribution < -0.4 is 0 Å². The molecule has 150 valence electrons. The maximum atomic E-state index is 11.5. The van der Waals surface area contributed by atoms with Crippen LogP contribution in [0.3, 0.4) is 0 Å². The lowest BCUT2D eigenvalue weighted by Crippen LogP contribution is -2.49. The fraction of sp³-hybridized carbons (Fsp3) is 0.929. The van der Waals surface area contributed by atoms with E-state index in [0.717, 1.165) is 0 Å². The normalized spacial score (nSPS) is 19.3. The summed E-state index contributed by atoms with van der Waals surface area (Å²) in [6.07, 6.45) is -8.05. The van der Waals surface area contributed by atoms with Crippen molar-refractivity contribution in [1.82, 2.24) is 0 Å². The van der Waals surface area contributed by atoms with Crippen LogP contribution in [-0.2, 0) is 23.1 Å². The van der Waals surface area contributed by atoms with Crippen molar-refractivity contribution in [3.63, 3.8) is 0 Å². The zero-order chi connectivity index (χ0) is 19.8. The Morgan fingerprint density at radius 2 is 1.36 bits per heavy atom. The molecule has 0 saturated heterocycles. The van der Waals surface area contributed by atoms with E-state index >= 15 is 0 Å². The molecule has 0 bridgehead atoms. The monoisotopic (exact) mass is 388 g/mol. The average Bonchev–Trinajstić information content (AvgIpc) is 2.53. The Bertz CT molecular complexity index is 441. The summed E-state index contributed by atoms with van der Waals surface area (Å²) >= 11 is 0. The summed E-state index contributed by atoms with van der Waals surface area (Å²) in [5.74, 6) is -1.20. The zero-order valence-corrected chi connectivity index (χ0v) is 15.7. The maximum Gasteiger partial charge on any atom is 0.472 e. The smallest absolute Gasteiger partial charge is 0.463 e. The molecule has 0 spiro atoms. The number of phosphoric ester groups is 1. The van der Waals surface area contributed by atoms with Crippen molar-refractivity contribution in [1.29, 1.82) is 0 Å². The Morgan fingerprint density at radius 3 is 1.84 bits per heavy atom. The third-order valence-corrected chi connectivity index (χ3v) is 3.80. The Morgan fingerprint density at radius 1 is 0.880 bits per heavy atom. The van der Waals surface area contributed by atoms with Crippen LogP contribution >= 0.6 is 7.82 Å². The fourth-order valence-electron chi connectivity index (χ4n) is 1.44. The van der Waals surface area contributed by atoms with Gasteiger partial charge in [0.25, 0.3) is 0 Å². The van der Waals surface area contributed by atoms with E-state index < -0.39 is 44.8 Å². The Kier molecular flexibility index (Phi) is 10.9. The second-order valence-corrected chi connectivity index (χ2v) is 7.92. The van der Waals surface area contributed by atoms with E-state index in [1.54, 1.807) is 27.7 Å². The van der Waals surface area contributed by atoms with E-state index in [-0.39, 0.29) is 25.0 Å². The van der Waals surface area contributed by atoms with E-state index in [0.29, 0.717) is 0 Å². The standard InChI is InChI=1S/C14H29O10P/c1-8(2)5-22-14(19)13(18)12(17)11(16)10(15)7-24-25(20,21)23-6-9(3)4/h8-13,15-18H,5-7H2,1-4H3,(H,20,21)/t10-,11-,12+,13-/m1/s1. The minimum atomic E-state index is -4.44. The summed E-state index contributed by atoms with van der Waals surface area (Å²) in [7, 11) is -4.44. The van der Waals surface area contributed by atoms with Gasteiger partial charge in [0.1, 0.15) is 18.3 Å². The first-order chi connectivity index (χ1) is 11.4. The lowest BCUT2D eigenvalue weighted by atomic mass is 10.0. The van der Waals surface area contributed by atoms with Crippen molar-refractivity contribution in [3.8, 4) is 0 Å². The molecule has 25 heavy (non-hydrogen) atoms. The molecular weight excluding hydrogens is 359 g/mol. The molecule has 0 heterocycles. The van der Waals surface area contributed by atoms with Crippen LogP contribution in [0, 0.1) is 11.8 Å². The van der Waals surface area contributed by atoms with Crippen LogP contribution in [0.5, 0.6) is 0 Å². The quantitative estimate of drug-likeness (QED) is 0.216. The number of phosphoric acid groups is 1. The average molecular weight is 388 g/mol. The topological polar surface area (TPSA) is 163 Å². The van der Waals surface area contributed by atoms with Gasteiger partial charge in [-0.2, -0.15) is 0 Å². The van der Waals surface area contributed by atoms with Gasteiger partial charge in [0.05, 0.1) is 19.8 Å². The number of hydrogen-bond donors (Lipinski definition) is 5. The van der Waals surface area contributed by atoms with Crippen LogP contribution in [0.25, 0.3) is 0 Å². The van der Waals surface area contributed by atoms with Gasteiger partial charge in [0.15, 0.2) is 6.10 Å². The molecular formula is C14H29O10P. The van der Waals surface area contributed by atoms with Gasteiger partial charge in [-0.25, -0.2) is 9.36 Å². The predicted octanol–water partition coefficient (Wildman–Crippen LogP) is -0.581. The van der Waals surface area contributed by atoms with Gasteiger partial charge in [0.2, 0.25) is 0 Å². The van der Waals surface area contributed by atoms with Crippen LogP contribution in [0.15, 0.2) is 0 Å². The molecule has 0 aliphatic carbocycles. The highest BCUT2D eigenvalue weighted by Crippen LogP contribution is 2.43. The molecule has 0 aromatic carbocycles. The van der Waals surface area contributed by atoms with Crippen LogP contribution in [-0.4, -0.2) is 75.5 Å². The Balaban J connectivity index is 4.48. The molecule has 0 aromatic heterocycles. The lowest BCUT2D eigenvalue weighted by Gasteiger charge is -2.26. The van der Waals surface area contributed by atoms with E-state index in [1.165, 1.54) is 0 Å².